The Bertz CT molecular complexity index is 428. The quantitative estimate of drug-likeness (QED) is 0.675. The second kappa shape index (κ2) is 8.35. The van der Waals surface area contributed by atoms with Gasteiger partial charge in [0.1, 0.15) is 16.7 Å². The smallest absolute Gasteiger partial charge is 0.404 e. The molecule has 1 atom stereocenters. The molecule has 0 bridgehead atoms. The molecule has 0 amide bonds. The maximum atomic E-state index is 13.1. The largest absolute Gasteiger partial charge is 0.433 e. The molecule has 0 saturated carbocycles. The fourth-order valence-electron chi connectivity index (χ4n) is 2.02. The number of furan rings is 1. The molecule has 1 saturated heterocycles. The van der Waals surface area contributed by atoms with Crippen LogP contribution in [-0.4, -0.2) is 42.4 Å². The average molecular weight is 334 g/mol. The van der Waals surface area contributed by atoms with E-state index in [1.54, 1.807) is 4.90 Å². The zero-order valence-corrected chi connectivity index (χ0v) is 12.0. The van der Waals surface area contributed by atoms with E-state index in [1.165, 1.54) is 6.07 Å². The lowest BCUT2D eigenvalue weighted by Gasteiger charge is -2.32. The Hall–Kier alpha value is -0.960. The fraction of sp³-hybridized carbons (Fsp3) is 0.600. The third-order valence-corrected chi connectivity index (χ3v) is 2.87. The Morgan fingerprint density at radius 2 is 1.90 bits per heavy atom. The molecule has 10 heteroatoms. The fourth-order valence-corrected chi connectivity index (χ4v) is 2.02. The van der Waals surface area contributed by atoms with Crippen molar-refractivity contribution in [3.05, 3.63) is 28.0 Å². The summed E-state index contributed by atoms with van der Waals surface area (Å²) in [5.74, 6) is -0.565. The molecular weight excluding hydrogens is 319 g/mol. The van der Waals surface area contributed by atoms with E-state index in [-0.39, 0.29) is 30.6 Å². The van der Waals surface area contributed by atoms with Gasteiger partial charge in [0.2, 0.25) is 0 Å². The molecule has 0 spiro atoms. The lowest BCUT2D eigenvalue weighted by atomic mass is 10.1. The molecule has 0 unspecified atom stereocenters. The minimum absolute atomic E-state index is 0. The molecule has 0 aromatic carbocycles. The number of alkyl halides is 2. The van der Waals surface area contributed by atoms with Crippen LogP contribution in [0.15, 0.2) is 16.5 Å². The standard InChI is InChI=1S/C10H13F2N3O3.2ClH/c11-10(12)9(14-5-3-13-4-6-14)7-1-2-8(18-7)15(16)17;;/h1-2,9-10,13H,3-6H2;2*1H/t9-;;/m0../s1. The molecule has 20 heavy (non-hydrogen) atoms. The van der Waals surface area contributed by atoms with Gasteiger partial charge in [-0.3, -0.25) is 15.0 Å². The van der Waals surface area contributed by atoms with Gasteiger partial charge in [-0.25, -0.2) is 8.78 Å². The van der Waals surface area contributed by atoms with Crippen molar-refractivity contribution in [1.29, 1.82) is 0 Å². The van der Waals surface area contributed by atoms with Crippen molar-refractivity contribution in [2.45, 2.75) is 12.5 Å². The molecule has 2 heterocycles. The van der Waals surface area contributed by atoms with E-state index in [9.17, 15) is 18.9 Å². The summed E-state index contributed by atoms with van der Waals surface area (Å²) in [5.41, 5.74) is 0. The predicted molar refractivity (Wildman–Crippen MR) is 73.0 cm³/mol. The zero-order valence-electron chi connectivity index (χ0n) is 10.3. The molecule has 0 aliphatic carbocycles. The number of rotatable bonds is 4. The van der Waals surface area contributed by atoms with E-state index in [1.807, 2.05) is 0 Å². The van der Waals surface area contributed by atoms with Crippen LogP contribution in [0.3, 0.4) is 0 Å². The monoisotopic (exact) mass is 333 g/mol. The Balaban J connectivity index is 0.00000180. The van der Waals surface area contributed by atoms with Gasteiger partial charge in [-0.2, -0.15) is 0 Å². The van der Waals surface area contributed by atoms with Gasteiger partial charge in [-0.15, -0.1) is 24.8 Å². The summed E-state index contributed by atoms with van der Waals surface area (Å²) in [7, 11) is 0. The number of nitrogens with zero attached hydrogens (tertiary/aromatic N) is 2. The van der Waals surface area contributed by atoms with Crippen molar-refractivity contribution in [3.63, 3.8) is 0 Å². The molecule has 1 aliphatic heterocycles. The molecule has 1 aliphatic rings. The molecule has 1 N–H and O–H groups in total. The highest BCUT2D eigenvalue weighted by Crippen LogP contribution is 2.31. The zero-order chi connectivity index (χ0) is 13.1. The molecule has 116 valence electrons. The van der Waals surface area contributed by atoms with Gasteiger partial charge in [0, 0.05) is 26.2 Å². The normalized spacial score (nSPS) is 17.1. The molecule has 1 aromatic rings. The summed E-state index contributed by atoms with van der Waals surface area (Å²) in [6.45, 7) is 2.16. The number of hydrogen-bond donors (Lipinski definition) is 1. The Morgan fingerprint density at radius 1 is 1.30 bits per heavy atom. The van der Waals surface area contributed by atoms with Crippen LogP contribution in [-0.2, 0) is 0 Å². The van der Waals surface area contributed by atoms with Crippen molar-refractivity contribution in [2.24, 2.45) is 0 Å². The van der Waals surface area contributed by atoms with Gasteiger partial charge >= 0.3 is 5.88 Å². The number of hydrogen-bond acceptors (Lipinski definition) is 5. The summed E-state index contributed by atoms with van der Waals surface area (Å²) in [5, 5.41) is 13.5. The maximum absolute atomic E-state index is 13.1. The highest BCUT2D eigenvalue weighted by molar-refractivity contribution is 5.85. The van der Waals surface area contributed by atoms with Gasteiger partial charge in [-0.05, 0) is 6.07 Å². The van der Waals surface area contributed by atoms with Crippen LogP contribution >= 0.6 is 24.8 Å². The first-order chi connectivity index (χ1) is 8.59. The SMILES string of the molecule is Cl.Cl.O=[N+]([O-])c1ccc([C@@H](C(F)F)N2CCNCC2)o1. The molecule has 6 nitrogen and oxygen atoms in total. The molecule has 1 aromatic heterocycles. The summed E-state index contributed by atoms with van der Waals surface area (Å²) in [6.07, 6.45) is -2.64. The first-order valence-corrected chi connectivity index (χ1v) is 5.56. The highest BCUT2D eigenvalue weighted by Gasteiger charge is 2.33. The molecule has 1 fully saturated rings. The van der Waals surface area contributed by atoms with Crippen LogP contribution in [0, 0.1) is 10.1 Å². The Labute approximate surface area is 126 Å². The molecule has 2 rings (SSSR count). The van der Waals surface area contributed by atoms with Crippen molar-refractivity contribution in [3.8, 4) is 0 Å². The van der Waals surface area contributed by atoms with E-state index in [2.05, 4.69) is 5.32 Å². The third-order valence-electron chi connectivity index (χ3n) is 2.87. The van der Waals surface area contributed by atoms with Crippen LogP contribution in [0.2, 0.25) is 0 Å². The van der Waals surface area contributed by atoms with Gasteiger partial charge in [0.15, 0.2) is 0 Å². The van der Waals surface area contributed by atoms with E-state index < -0.39 is 23.3 Å². The van der Waals surface area contributed by atoms with E-state index in [0.717, 1.165) is 6.07 Å². The van der Waals surface area contributed by atoms with Gasteiger partial charge in [0.25, 0.3) is 6.43 Å². The van der Waals surface area contributed by atoms with E-state index in [4.69, 9.17) is 4.42 Å². The van der Waals surface area contributed by atoms with Crippen molar-refractivity contribution >= 4 is 30.7 Å². The summed E-state index contributed by atoms with van der Waals surface area (Å²) in [6, 6.07) is 1.13. The highest BCUT2D eigenvalue weighted by atomic mass is 35.5. The van der Waals surface area contributed by atoms with Gasteiger partial charge in [-0.1, -0.05) is 0 Å². The van der Waals surface area contributed by atoms with Gasteiger partial charge in [0.05, 0.1) is 6.07 Å². The first kappa shape index (κ1) is 19.0. The van der Waals surface area contributed by atoms with Crippen LogP contribution in [0.25, 0.3) is 0 Å². The van der Waals surface area contributed by atoms with Crippen LogP contribution in [0.1, 0.15) is 11.8 Å². The van der Waals surface area contributed by atoms with E-state index >= 15 is 0 Å². The number of halogens is 4. The van der Waals surface area contributed by atoms with E-state index in [0.29, 0.717) is 26.2 Å². The minimum Gasteiger partial charge on any atom is -0.404 e. The average Bonchev–Trinajstić information content (AvgIpc) is 2.79. The number of nitrogens with one attached hydrogen (secondary N) is 1. The van der Waals surface area contributed by atoms with Crippen molar-refractivity contribution in [1.82, 2.24) is 10.2 Å². The van der Waals surface area contributed by atoms with Crippen LogP contribution in [0.4, 0.5) is 14.7 Å². The van der Waals surface area contributed by atoms with Crippen LogP contribution in [0.5, 0.6) is 0 Å². The number of piperazine rings is 1. The first-order valence-electron chi connectivity index (χ1n) is 5.56. The summed E-state index contributed by atoms with van der Waals surface area (Å²) in [4.78, 5) is 11.3. The Kier molecular flexibility index (Phi) is 7.95. The lowest BCUT2D eigenvalue weighted by Crippen LogP contribution is -2.46. The topological polar surface area (TPSA) is 71.6 Å². The Morgan fingerprint density at radius 3 is 2.35 bits per heavy atom. The predicted octanol–water partition coefficient (Wildman–Crippen LogP) is 2.24. The second-order valence-electron chi connectivity index (χ2n) is 4.00. The second-order valence-corrected chi connectivity index (χ2v) is 4.00. The van der Waals surface area contributed by atoms with Crippen LogP contribution < -0.4 is 5.32 Å². The molecule has 0 radical (unpaired) electrons. The summed E-state index contributed by atoms with van der Waals surface area (Å²) < 4.78 is 31.1. The summed E-state index contributed by atoms with van der Waals surface area (Å²) >= 11 is 0. The minimum atomic E-state index is -2.64. The van der Waals surface area contributed by atoms with Crippen molar-refractivity contribution < 1.29 is 18.1 Å². The molecular formula is C10H15Cl2F2N3O3. The van der Waals surface area contributed by atoms with Gasteiger partial charge < -0.3 is 9.73 Å². The third kappa shape index (κ3) is 4.27. The maximum Gasteiger partial charge on any atom is 0.433 e. The number of nitro groups is 1. The van der Waals surface area contributed by atoms with Crippen molar-refractivity contribution in [2.75, 3.05) is 26.2 Å². The lowest BCUT2D eigenvalue weighted by molar-refractivity contribution is -0.402.